The normalized spacial score (nSPS) is 37.8. The van der Waals surface area contributed by atoms with Crippen molar-refractivity contribution in [2.75, 3.05) is 26.2 Å². The monoisotopic (exact) mass is 237 g/mol. The van der Waals surface area contributed by atoms with Gasteiger partial charge in [-0.2, -0.15) is 0 Å². The molecule has 3 saturated heterocycles. The summed E-state index contributed by atoms with van der Waals surface area (Å²) in [5.41, 5.74) is 0.152. The Morgan fingerprint density at radius 1 is 1.56 bits per heavy atom. The van der Waals surface area contributed by atoms with E-state index in [1.165, 1.54) is 30.9 Å². The Morgan fingerprint density at radius 2 is 2.38 bits per heavy atom. The smallest absolute Gasteiger partial charge is 0.114 e. The lowest BCUT2D eigenvalue weighted by Gasteiger charge is -2.52. The zero-order chi connectivity index (χ0) is 11.0. The lowest BCUT2D eigenvalue weighted by Crippen LogP contribution is -2.63. The highest BCUT2D eigenvalue weighted by molar-refractivity contribution is 7.09. The number of aromatic nitrogens is 1. The number of hydrogen-bond donors (Lipinski definition) is 1. The molecule has 2 bridgehead atoms. The van der Waals surface area contributed by atoms with Gasteiger partial charge in [-0.05, 0) is 38.4 Å². The average molecular weight is 237 g/mol. The van der Waals surface area contributed by atoms with E-state index in [1.807, 2.05) is 17.5 Å². The van der Waals surface area contributed by atoms with Crippen LogP contribution in [-0.4, -0.2) is 36.1 Å². The molecule has 1 aromatic rings. The second-order valence-corrected chi connectivity index (χ2v) is 5.78. The van der Waals surface area contributed by atoms with Crippen LogP contribution in [0.2, 0.25) is 0 Å². The van der Waals surface area contributed by atoms with E-state index in [9.17, 15) is 0 Å². The fourth-order valence-corrected chi connectivity index (χ4v) is 4.23. The van der Waals surface area contributed by atoms with E-state index in [-0.39, 0.29) is 5.54 Å². The average Bonchev–Trinajstić information content (AvgIpc) is 2.85. The summed E-state index contributed by atoms with van der Waals surface area (Å²) in [5.74, 6) is 0.781. The highest BCUT2D eigenvalue weighted by Crippen LogP contribution is 2.43. The molecule has 0 aromatic carbocycles. The van der Waals surface area contributed by atoms with Gasteiger partial charge in [0.25, 0.3) is 0 Å². The summed E-state index contributed by atoms with van der Waals surface area (Å²) in [5, 5.41) is 7.14. The van der Waals surface area contributed by atoms with Crippen molar-refractivity contribution in [3.8, 4) is 0 Å². The van der Waals surface area contributed by atoms with Crippen molar-refractivity contribution < 1.29 is 0 Å². The molecule has 1 atom stereocenters. The highest BCUT2D eigenvalue weighted by atomic mass is 32.1. The van der Waals surface area contributed by atoms with Crippen molar-refractivity contribution in [1.29, 1.82) is 0 Å². The summed E-state index contributed by atoms with van der Waals surface area (Å²) in [7, 11) is 0. The van der Waals surface area contributed by atoms with Gasteiger partial charge in [0.1, 0.15) is 5.01 Å². The van der Waals surface area contributed by atoms with Gasteiger partial charge in [-0.1, -0.05) is 6.92 Å². The SMILES string of the molecule is CCNC1(c2nccs2)CN2CCC1CC2. The highest BCUT2D eigenvalue weighted by Gasteiger charge is 2.48. The fourth-order valence-electron chi connectivity index (χ4n) is 3.34. The van der Waals surface area contributed by atoms with Gasteiger partial charge in [-0.25, -0.2) is 4.98 Å². The van der Waals surface area contributed by atoms with Gasteiger partial charge >= 0.3 is 0 Å². The molecule has 0 radical (unpaired) electrons. The Hall–Kier alpha value is -0.450. The third kappa shape index (κ3) is 1.51. The molecule has 0 saturated carbocycles. The predicted octanol–water partition coefficient (Wildman–Crippen LogP) is 1.67. The first-order chi connectivity index (χ1) is 7.85. The van der Waals surface area contributed by atoms with E-state index in [2.05, 4.69) is 27.5 Å². The molecule has 1 aromatic heterocycles. The molecule has 3 aliphatic rings. The number of hydrogen-bond acceptors (Lipinski definition) is 4. The minimum absolute atomic E-state index is 0.152. The van der Waals surface area contributed by atoms with E-state index >= 15 is 0 Å². The minimum Gasteiger partial charge on any atom is -0.304 e. The molecular weight excluding hydrogens is 218 g/mol. The molecule has 4 heteroatoms. The Kier molecular flexibility index (Phi) is 2.73. The predicted molar refractivity (Wildman–Crippen MR) is 66.6 cm³/mol. The zero-order valence-electron chi connectivity index (χ0n) is 9.78. The van der Waals surface area contributed by atoms with Crippen molar-refractivity contribution >= 4 is 11.3 Å². The van der Waals surface area contributed by atoms with Crippen LogP contribution in [0.5, 0.6) is 0 Å². The van der Waals surface area contributed by atoms with Gasteiger partial charge in [0.05, 0.1) is 5.54 Å². The maximum absolute atomic E-state index is 4.58. The summed E-state index contributed by atoms with van der Waals surface area (Å²) in [4.78, 5) is 7.17. The van der Waals surface area contributed by atoms with E-state index in [0.717, 1.165) is 19.0 Å². The van der Waals surface area contributed by atoms with Crippen LogP contribution >= 0.6 is 11.3 Å². The van der Waals surface area contributed by atoms with Crippen LogP contribution in [0.15, 0.2) is 11.6 Å². The lowest BCUT2D eigenvalue weighted by molar-refractivity contribution is 0.00404. The topological polar surface area (TPSA) is 28.2 Å². The molecule has 88 valence electrons. The molecule has 3 nitrogen and oxygen atoms in total. The molecule has 1 N–H and O–H groups in total. The van der Waals surface area contributed by atoms with Crippen LogP contribution in [0, 0.1) is 5.92 Å². The van der Waals surface area contributed by atoms with Crippen molar-refractivity contribution in [2.45, 2.75) is 25.3 Å². The van der Waals surface area contributed by atoms with Crippen molar-refractivity contribution in [3.63, 3.8) is 0 Å². The van der Waals surface area contributed by atoms with Crippen LogP contribution in [0.1, 0.15) is 24.8 Å². The van der Waals surface area contributed by atoms with Crippen LogP contribution < -0.4 is 5.32 Å². The number of fused-ring (bicyclic) bond motifs is 3. The van der Waals surface area contributed by atoms with E-state index < -0.39 is 0 Å². The number of thiazole rings is 1. The molecule has 0 amide bonds. The molecule has 3 aliphatic heterocycles. The summed E-state index contributed by atoms with van der Waals surface area (Å²) < 4.78 is 0. The third-order valence-corrected chi connectivity index (χ3v) is 5.01. The summed E-state index contributed by atoms with van der Waals surface area (Å²) in [6.07, 6.45) is 4.59. The Morgan fingerprint density at radius 3 is 2.88 bits per heavy atom. The number of nitrogens with zero attached hydrogens (tertiary/aromatic N) is 2. The van der Waals surface area contributed by atoms with Gasteiger partial charge in [-0.15, -0.1) is 11.3 Å². The van der Waals surface area contributed by atoms with Crippen molar-refractivity contribution in [1.82, 2.24) is 15.2 Å². The maximum atomic E-state index is 4.58. The molecule has 0 aliphatic carbocycles. The standard InChI is InChI=1S/C12H19N3S/c1-2-14-12(11-13-5-8-16-11)9-15-6-3-10(12)4-7-15/h5,8,10,14H,2-4,6-7,9H2,1H3. The van der Waals surface area contributed by atoms with Gasteiger partial charge in [0, 0.05) is 18.1 Å². The van der Waals surface area contributed by atoms with Gasteiger partial charge in [0.15, 0.2) is 0 Å². The number of likely N-dealkylation sites (N-methyl/N-ethyl adjacent to an activating group) is 1. The maximum Gasteiger partial charge on any atom is 0.114 e. The molecular formula is C12H19N3S. The molecule has 1 unspecified atom stereocenters. The Bertz CT molecular complexity index is 343. The Labute approximate surface area is 101 Å². The van der Waals surface area contributed by atoms with Gasteiger partial charge < -0.3 is 10.2 Å². The first kappa shape index (κ1) is 10.7. The molecule has 4 rings (SSSR count). The minimum atomic E-state index is 0.152. The van der Waals surface area contributed by atoms with Crippen LogP contribution in [-0.2, 0) is 5.54 Å². The van der Waals surface area contributed by atoms with Crippen molar-refractivity contribution in [2.24, 2.45) is 5.92 Å². The van der Waals surface area contributed by atoms with E-state index in [4.69, 9.17) is 0 Å². The van der Waals surface area contributed by atoms with Gasteiger partial charge in [-0.3, -0.25) is 0 Å². The second-order valence-electron chi connectivity index (χ2n) is 4.89. The van der Waals surface area contributed by atoms with Crippen molar-refractivity contribution in [3.05, 3.63) is 16.6 Å². The lowest BCUT2D eigenvalue weighted by atomic mass is 9.73. The summed E-state index contributed by atoms with van der Waals surface area (Å²) >= 11 is 1.81. The second kappa shape index (κ2) is 4.09. The Balaban J connectivity index is 1.97. The number of nitrogens with one attached hydrogen (secondary N) is 1. The van der Waals surface area contributed by atoms with Gasteiger partial charge in [0.2, 0.25) is 0 Å². The molecule has 4 heterocycles. The quantitative estimate of drug-likeness (QED) is 0.867. The fraction of sp³-hybridized carbons (Fsp3) is 0.750. The zero-order valence-corrected chi connectivity index (χ0v) is 10.6. The third-order valence-electron chi connectivity index (χ3n) is 4.06. The summed E-state index contributed by atoms with van der Waals surface area (Å²) in [6.45, 7) is 6.95. The first-order valence-electron chi connectivity index (χ1n) is 6.22. The molecule has 0 spiro atoms. The summed E-state index contributed by atoms with van der Waals surface area (Å²) in [6, 6.07) is 0. The molecule has 16 heavy (non-hydrogen) atoms. The van der Waals surface area contributed by atoms with Crippen LogP contribution in [0.3, 0.4) is 0 Å². The van der Waals surface area contributed by atoms with E-state index in [1.54, 1.807) is 0 Å². The van der Waals surface area contributed by atoms with Crippen LogP contribution in [0.4, 0.5) is 0 Å². The number of piperidine rings is 3. The molecule has 3 fully saturated rings. The van der Waals surface area contributed by atoms with E-state index in [0.29, 0.717) is 0 Å². The first-order valence-corrected chi connectivity index (χ1v) is 7.10. The van der Waals surface area contributed by atoms with Crippen LogP contribution in [0.25, 0.3) is 0 Å². The number of rotatable bonds is 3. The largest absolute Gasteiger partial charge is 0.304 e.